The molecule has 41 heavy (non-hydrogen) atoms. The van der Waals surface area contributed by atoms with Crippen LogP contribution in [0.1, 0.15) is 17.0 Å². The number of aromatic nitrogens is 4. The van der Waals surface area contributed by atoms with E-state index in [-0.39, 0.29) is 18.0 Å². The summed E-state index contributed by atoms with van der Waals surface area (Å²) < 4.78 is 39.7. The molecule has 1 fully saturated rings. The van der Waals surface area contributed by atoms with Crippen molar-refractivity contribution in [2.24, 2.45) is 0 Å². The number of amides is 2. The van der Waals surface area contributed by atoms with Gasteiger partial charge in [0.2, 0.25) is 0 Å². The molecule has 1 aliphatic rings. The summed E-state index contributed by atoms with van der Waals surface area (Å²) in [5.74, 6) is -1.61. The van der Waals surface area contributed by atoms with Gasteiger partial charge in [-0.1, -0.05) is 24.3 Å². The molecule has 0 aliphatic carbocycles. The highest BCUT2D eigenvalue weighted by molar-refractivity contribution is 5.91. The molecule has 0 spiro atoms. The van der Waals surface area contributed by atoms with Crippen molar-refractivity contribution in [1.29, 1.82) is 0 Å². The van der Waals surface area contributed by atoms with Gasteiger partial charge in [-0.05, 0) is 36.8 Å². The second kappa shape index (κ2) is 12.4. The molecule has 4 aromatic rings. The van der Waals surface area contributed by atoms with E-state index in [2.05, 4.69) is 25.5 Å². The predicted molar refractivity (Wildman–Crippen MR) is 149 cm³/mol. The molecule has 3 heterocycles. The second-order valence-electron chi connectivity index (χ2n) is 9.77. The average Bonchev–Trinajstić information content (AvgIpc) is 3.54. The van der Waals surface area contributed by atoms with Crippen LogP contribution in [0, 0.1) is 18.6 Å². The maximum Gasteiger partial charge on any atom is 0.320 e. The van der Waals surface area contributed by atoms with E-state index in [1.54, 1.807) is 30.3 Å². The van der Waals surface area contributed by atoms with E-state index in [0.29, 0.717) is 54.4 Å². The first-order chi connectivity index (χ1) is 19.9. The maximum atomic E-state index is 14.1. The number of urea groups is 1. The zero-order valence-electron chi connectivity index (χ0n) is 23.0. The third-order valence-electron chi connectivity index (χ3n) is 7.13. The van der Waals surface area contributed by atoms with Crippen LogP contribution in [0.3, 0.4) is 0 Å². The Bertz CT molecular complexity index is 1500. The summed E-state index contributed by atoms with van der Waals surface area (Å²) in [5.41, 5.74) is 3.32. The number of methoxy groups -OCH3 is 2. The Morgan fingerprint density at radius 2 is 1.80 bits per heavy atom. The summed E-state index contributed by atoms with van der Waals surface area (Å²) in [5, 5.41) is 10.8. The predicted octanol–water partition coefficient (Wildman–Crippen LogP) is 4.16. The van der Waals surface area contributed by atoms with E-state index in [1.807, 2.05) is 37.3 Å². The molecule has 10 nitrogen and oxygen atoms in total. The largest absolute Gasteiger partial charge is 0.467 e. The van der Waals surface area contributed by atoms with E-state index >= 15 is 0 Å². The average molecular weight is 564 g/mol. The van der Waals surface area contributed by atoms with Gasteiger partial charge in [0.15, 0.2) is 11.6 Å². The Labute approximate surface area is 236 Å². The van der Waals surface area contributed by atoms with Crippen molar-refractivity contribution in [3.8, 4) is 23.0 Å². The number of benzene rings is 2. The van der Waals surface area contributed by atoms with Crippen molar-refractivity contribution in [1.82, 2.24) is 30.0 Å². The van der Waals surface area contributed by atoms with E-state index in [9.17, 15) is 13.6 Å². The van der Waals surface area contributed by atoms with Crippen molar-refractivity contribution >= 4 is 11.8 Å². The Morgan fingerprint density at radius 1 is 1.05 bits per heavy atom. The molecule has 0 bridgehead atoms. The molecule has 0 saturated carbocycles. The van der Waals surface area contributed by atoms with Gasteiger partial charge in [0, 0.05) is 56.2 Å². The molecule has 1 saturated heterocycles. The van der Waals surface area contributed by atoms with Crippen molar-refractivity contribution in [2.75, 3.05) is 45.8 Å². The van der Waals surface area contributed by atoms with E-state index in [1.165, 1.54) is 13.2 Å². The van der Waals surface area contributed by atoms with Crippen LogP contribution in [0.4, 0.5) is 19.4 Å². The number of hydrogen-bond donors (Lipinski definition) is 2. The number of nitrogens with one attached hydrogen (secondary N) is 2. The zero-order chi connectivity index (χ0) is 28.9. The van der Waals surface area contributed by atoms with Gasteiger partial charge in [0.05, 0.1) is 25.4 Å². The van der Waals surface area contributed by atoms with Crippen LogP contribution in [-0.2, 0) is 4.74 Å². The minimum absolute atomic E-state index is 0.235. The number of ether oxygens (including phenoxy) is 2. The third-order valence-corrected chi connectivity index (χ3v) is 7.13. The molecule has 2 unspecified atom stereocenters. The standard InChI is InChI=1S/C29H31F2N7O3/c1-18-26(20-14-32-29(41-3)33-15-20)36-38(21-7-5-4-6-8-21)27(18)35-28(39)34-25-17-37(11-12-40-2)16-22(25)19-9-10-23(30)24(31)13-19/h4-10,13-15,22,25H,11-12,16-17H2,1-3H3,(H2,34,35,39). The Kier molecular flexibility index (Phi) is 8.50. The number of hydrogen-bond acceptors (Lipinski definition) is 7. The van der Waals surface area contributed by atoms with Crippen molar-refractivity contribution in [2.45, 2.75) is 18.9 Å². The summed E-state index contributed by atoms with van der Waals surface area (Å²) >= 11 is 0. The van der Waals surface area contributed by atoms with Crippen molar-refractivity contribution in [3.05, 3.63) is 83.7 Å². The van der Waals surface area contributed by atoms with Gasteiger partial charge in [-0.3, -0.25) is 10.2 Å². The number of anilines is 1. The third kappa shape index (κ3) is 6.18. The summed E-state index contributed by atoms with van der Waals surface area (Å²) in [4.78, 5) is 24.0. The van der Waals surface area contributed by atoms with Crippen LogP contribution < -0.4 is 15.4 Å². The smallest absolute Gasteiger partial charge is 0.320 e. The first-order valence-electron chi connectivity index (χ1n) is 13.1. The number of nitrogens with zero attached hydrogens (tertiary/aromatic N) is 5. The molecule has 2 aromatic heterocycles. The zero-order valence-corrected chi connectivity index (χ0v) is 23.0. The minimum Gasteiger partial charge on any atom is -0.467 e. The highest BCUT2D eigenvalue weighted by atomic mass is 19.2. The van der Waals surface area contributed by atoms with E-state index in [0.717, 1.165) is 11.8 Å². The lowest BCUT2D eigenvalue weighted by Gasteiger charge is -2.21. The molecule has 2 N–H and O–H groups in total. The second-order valence-corrected chi connectivity index (χ2v) is 9.77. The normalized spacial score (nSPS) is 17.0. The van der Waals surface area contributed by atoms with Crippen LogP contribution in [0.5, 0.6) is 6.01 Å². The molecule has 2 atom stereocenters. The lowest BCUT2D eigenvalue weighted by Crippen LogP contribution is -2.42. The molecular weight excluding hydrogens is 532 g/mol. The Morgan fingerprint density at radius 3 is 2.49 bits per heavy atom. The van der Waals surface area contributed by atoms with Crippen LogP contribution >= 0.6 is 0 Å². The molecule has 2 amide bonds. The van der Waals surface area contributed by atoms with Gasteiger partial charge in [-0.25, -0.2) is 28.2 Å². The maximum absolute atomic E-state index is 14.1. The Hall–Kier alpha value is -4.42. The summed E-state index contributed by atoms with van der Waals surface area (Å²) in [6.07, 6.45) is 3.22. The topological polar surface area (TPSA) is 106 Å². The summed E-state index contributed by atoms with van der Waals surface area (Å²) in [6.45, 7) is 4.09. The lowest BCUT2D eigenvalue weighted by molar-refractivity contribution is 0.159. The highest BCUT2D eigenvalue weighted by Crippen LogP contribution is 2.31. The fourth-order valence-corrected chi connectivity index (χ4v) is 5.04. The number of rotatable bonds is 9. The number of likely N-dealkylation sites (tertiary alicyclic amines) is 1. The molecule has 0 radical (unpaired) electrons. The minimum atomic E-state index is -0.918. The van der Waals surface area contributed by atoms with Gasteiger partial charge < -0.3 is 14.8 Å². The quantitative estimate of drug-likeness (QED) is 0.315. The van der Waals surface area contributed by atoms with Gasteiger partial charge in [-0.15, -0.1) is 0 Å². The molecule has 214 valence electrons. The molecule has 12 heteroatoms. The Balaban J connectivity index is 1.42. The first-order valence-corrected chi connectivity index (χ1v) is 13.1. The van der Waals surface area contributed by atoms with Crippen LogP contribution in [-0.4, -0.2) is 77.2 Å². The van der Waals surface area contributed by atoms with E-state index < -0.39 is 17.7 Å². The first kappa shape index (κ1) is 28.1. The van der Waals surface area contributed by atoms with Crippen LogP contribution in [0.25, 0.3) is 16.9 Å². The SMILES string of the molecule is COCCN1CC(NC(=O)Nc2c(C)c(-c3cnc(OC)nc3)nn2-c2ccccc2)C(c2ccc(F)c(F)c2)C1. The molecular formula is C29H31F2N7O3. The lowest BCUT2D eigenvalue weighted by atomic mass is 9.94. The van der Waals surface area contributed by atoms with Crippen LogP contribution in [0.15, 0.2) is 60.9 Å². The number of halogens is 2. The van der Waals surface area contributed by atoms with Crippen molar-refractivity contribution < 1.29 is 23.0 Å². The van der Waals surface area contributed by atoms with Crippen LogP contribution in [0.2, 0.25) is 0 Å². The fourth-order valence-electron chi connectivity index (χ4n) is 5.04. The van der Waals surface area contributed by atoms with E-state index in [4.69, 9.17) is 14.6 Å². The van der Waals surface area contributed by atoms with Gasteiger partial charge in [0.1, 0.15) is 11.5 Å². The molecule has 2 aromatic carbocycles. The summed E-state index contributed by atoms with van der Waals surface area (Å²) in [7, 11) is 3.11. The molecule has 1 aliphatic heterocycles. The monoisotopic (exact) mass is 563 g/mol. The van der Waals surface area contributed by atoms with Gasteiger partial charge in [-0.2, -0.15) is 5.10 Å². The number of para-hydroxylation sites is 1. The molecule has 5 rings (SSSR count). The number of carbonyl (C=O) groups excluding carboxylic acids is 1. The summed E-state index contributed by atoms with van der Waals surface area (Å²) in [6, 6.07) is 12.7. The highest BCUT2D eigenvalue weighted by Gasteiger charge is 2.35. The van der Waals surface area contributed by atoms with Crippen molar-refractivity contribution in [3.63, 3.8) is 0 Å². The fraction of sp³-hybridized carbons (Fsp3) is 0.310. The van der Waals surface area contributed by atoms with Gasteiger partial charge >= 0.3 is 12.0 Å². The van der Waals surface area contributed by atoms with Gasteiger partial charge in [0.25, 0.3) is 0 Å². The number of carbonyl (C=O) groups is 1.